The molecule has 3 heteroatoms. The van der Waals surface area contributed by atoms with Crippen molar-refractivity contribution in [2.24, 2.45) is 0 Å². The second-order valence-electron chi connectivity index (χ2n) is 5.14. The molecule has 0 saturated carbocycles. The number of benzene rings is 2. The molecule has 0 bridgehead atoms. The average molecular weight is 263 g/mol. The second kappa shape index (κ2) is 4.93. The minimum atomic E-state index is 0.876. The molecular formula is C17H17N3. The molecular weight excluding hydrogens is 246 g/mol. The van der Waals surface area contributed by atoms with E-state index in [9.17, 15) is 0 Å². The maximum atomic E-state index is 4.28. The van der Waals surface area contributed by atoms with Crippen molar-refractivity contribution in [3.05, 3.63) is 65.5 Å². The number of nitrogens with zero attached hydrogens (tertiary/aromatic N) is 3. The summed E-state index contributed by atoms with van der Waals surface area (Å²) in [6.07, 6.45) is 1.78. The van der Waals surface area contributed by atoms with Crippen LogP contribution in [0, 0.1) is 20.8 Å². The van der Waals surface area contributed by atoms with Crippen LogP contribution in [-0.2, 0) is 0 Å². The Labute approximate surface area is 118 Å². The van der Waals surface area contributed by atoms with Crippen LogP contribution in [-0.4, -0.2) is 14.8 Å². The number of aromatic nitrogens is 3. The highest BCUT2D eigenvalue weighted by Gasteiger charge is 2.12. The summed E-state index contributed by atoms with van der Waals surface area (Å²) in [7, 11) is 0. The van der Waals surface area contributed by atoms with Crippen LogP contribution in [0.4, 0.5) is 0 Å². The fourth-order valence-corrected chi connectivity index (χ4v) is 2.74. The minimum Gasteiger partial charge on any atom is -0.281 e. The van der Waals surface area contributed by atoms with Crippen LogP contribution in [0.15, 0.2) is 48.8 Å². The molecule has 3 rings (SSSR count). The normalized spacial score (nSPS) is 10.8. The van der Waals surface area contributed by atoms with Crippen LogP contribution in [0.5, 0.6) is 0 Å². The number of hydrogen-bond donors (Lipinski definition) is 0. The van der Waals surface area contributed by atoms with Gasteiger partial charge in [-0.15, -0.1) is 10.2 Å². The predicted octanol–water partition coefficient (Wildman–Crippen LogP) is 3.86. The molecule has 0 saturated heterocycles. The van der Waals surface area contributed by atoms with Gasteiger partial charge < -0.3 is 0 Å². The Morgan fingerprint density at radius 2 is 1.55 bits per heavy atom. The molecule has 0 aliphatic carbocycles. The third-order valence-corrected chi connectivity index (χ3v) is 3.46. The van der Waals surface area contributed by atoms with Crippen molar-refractivity contribution in [2.75, 3.05) is 0 Å². The first-order chi connectivity index (χ1) is 9.66. The van der Waals surface area contributed by atoms with Crippen LogP contribution in [0.3, 0.4) is 0 Å². The Bertz CT molecular complexity index is 719. The first-order valence-corrected chi connectivity index (χ1v) is 6.70. The molecule has 0 aliphatic heterocycles. The number of hydrogen-bond acceptors (Lipinski definition) is 2. The topological polar surface area (TPSA) is 30.7 Å². The van der Waals surface area contributed by atoms with E-state index in [2.05, 4.69) is 59.8 Å². The third kappa shape index (κ3) is 2.11. The van der Waals surface area contributed by atoms with Gasteiger partial charge in [0, 0.05) is 5.56 Å². The van der Waals surface area contributed by atoms with Crippen LogP contribution in [0.25, 0.3) is 17.1 Å². The van der Waals surface area contributed by atoms with Crippen molar-refractivity contribution in [1.29, 1.82) is 0 Å². The maximum Gasteiger partial charge on any atom is 0.168 e. The summed E-state index contributed by atoms with van der Waals surface area (Å²) in [5.41, 5.74) is 5.99. The average Bonchev–Trinajstić information content (AvgIpc) is 2.87. The van der Waals surface area contributed by atoms with Gasteiger partial charge in [-0.3, -0.25) is 4.57 Å². The highest BCUT2D eigenvalue weighted by atomic mass is 15.3. The lowest BCUT2D eigenvalue weighted by atomic mass is 10.0. The van der Waals surface area contributed by atoms with E-state index in [0.717, 1.165) is 11.4 Å². The molecule has 0 radical (unpaired) electrons. The van der Waals surface area contributed by atoms with E-state index < -0.39 is 0 Å². The SMILES string of the molecule is Cc1cc(C)c(-n2cnnc2-c2ccccc2)c(C)c1. The molecule has 1 aromatic heterocycles. The third-order valence-electron chi connectivity index (χ3n) is 3.46. The van der Waals surface area contributed by atoms with Crippen molar-refractivity contribution < 1.29 is 0 Å². The molecule has 20 heavy (non-hydrogen) atoms. The van der Waals surface area contributed by atoms with E-state index in [-0.39, 0.29) is 0 Å². The lowest BCUT2D eigenvalue weighted by Gasteiger charge is -2.14. The number of aryl methyl sites for hydroxylation is 3. The van der Waals surface area contributed by atoms with E-state index in [1.54, 1.807) is 6.33 Å². The summed E-state index contributed by atoms with van der Waals surface area (Å²) in [4.78, 5) is 0. The molecule has 0 unspecified atom stereocenters. The molecule has 3 aromatic rings. The van der Waals surface area contributed by atoms with Crippen LogP contribution in [0.1, 0.15) is 16.7 Å². The summed E-state index contributed by atoms with van der Waals surface area (Å²) in [5.74, 6) is 0.876. The zero-order chi connectivity index (χ0) is 14.1. The molecule has 0 spiro atoms. The van der Waals surface area contributed by atoms with Gasteiger partial charge in [0.05, 0.1) is 5.69 Å². The molecule has 3 nitrogen and oxygen atoms in total. The molecule has 0 amide bonds. The zero-order valence-electron chi connectivity index (χ0n) is 12.0. The number of rotatable bonds is 2. The molecule has 1 heterocycles. The molecule has 0 aliphatic rings. The Morgan fingerprint density at radius 1 is 0.900 bits per heavy atom. The van der Waals surface area contributed by atoms with E-state index in [1.165, 1.54) is 22.4 Å². The summed E-state index contributed by atoms with van der Waals surface area (Å²) >= 11 is 0. The van der Waals surface area contributed by atoms with Gasteiger partial charge in [0.2, 0.25) is 0 Å². The Morgan fingerprint density at radius 3 is 2.20 bits per heavy atom. The zero-order valence-corrected chi connectivity index (χ0v) is 12.0. The summed E-state index contributed by atoms with van der Waals surface area (Å²) < 4.78 is 2.07. The summed E-state index contributed by atoms with van der Waals surface area (Å²) in [5, 5.41) is 8.37. The minimum absolute atomic E-state index is 0.876. The van der Waals surface area contributed by atoms with Crippen molar-refractivity contribution in [2.45, 2.75) is 20.8 Å². The summed E-state index contributed by atoms with van der Waals surface area (Å²) in [6.45, 7) is 6.38. The Kier molecular flexibility index (Phi) is 3.11. The Balaban J connectivity index is 2.21. The van der Waals surface area contributed by atoms with Gasteiger partial charge in [-0.2, -0.15) is 0 Å². The molecule has 2 aromatic carbocycles. The predicted molar refractivity (Wildman–Crippen MR) is 81.0 cm³/mol. The monoisotopic (exact) mass is 263 g/mol. The largest absolute Gasteiger partial charge is 0.281 e. The van der Waals surface area contributed by atoms with E-state index in [1.807, 2.05) is 18.2 Å². The molecule has 0 atom stereocenters. The fraction of sp³-hybridized carbons (Fsp3) is 0.176. The van der Waals surface area contributed by atoms with Crippen molar-refractivity contribution in [3.8, 4) is 17.1 Å². The maximum absolute atomic E-state index is 4.28. The van der Waals surface area contributed by atoms with Gasteiger partial charge in [-0.05, 0) is 31.9 Å². The van der Waals surface area contributed by atoms with Gasteiger partial charge in [-0.25, -0.2) is 0 Å². The second-order valence-corrected chi connectivity index (χ2v) is 5.14. The van der Waals surface area contributed by atoms with Gasteiger partial charge >= 0.3 is 0 Å². The summed E-state index contributed by atoms with van der Waals surface area (Å²) in [6, 6.07) is 14.5. The first-order valence-electron chi connectivity index (χ1n) is 6.70. The quantitative estimate of drug-likeness (QED) is 0.703. The van der Waals surface area contributed by atoms with Gasteiger partial charge in [0.25, 0.3) is 0 Å². The standard InChI is InChI=1S/C17H17N3/c1-12-9-13(2)16(14(3)10-12)20-11-18-19-17(20)15-7-5-4-6-8-15/h4-11H,1-3H3. The molecule has 0 N–H and O–H groups in total. The lowest BCUT2D eigenvalue weighted by molar-refractivity contribution is 1.02. The first kappa shape index (κ1) is 12.6. The van der Waals surface area contributed by atoms with E-state index in [4.69, 9.17) is 0 Å². The molecule has 0 fully saturated rings. The van der Waals surface area contributed by atoms with E-state index in [0.29, 0.717) is 0 Å². The van der Waals surface area contributed by atoms with Crippen molar-refractivity contribution >= 4 is 0 Å². The van der Waals surface area contributed by atoms with Gasteiger partial charge in [-0.1, -0.05) is 48.0 Å². The fourth-order valence-electron chi connectivity index (χ4n) is 2.74. The smallest absolute Gasteiger partial charge is 0.168 e. The van der Waals surface area contributed by atoms with Gasteiger partial charge in [0.15, 0.2) is 5.82 Å². The van der Waals surface area contributed by atoms with Crippen LogP contribution < -0.4 is 0 Å². The van der Waals surface area contributed by atoms with Crippen LogP contribution >= 0.6 is 0 Å². The Hall–Kier alpha value is -2.42. The molecule has 100 valence electrons. The van der Waals surface area contributed by atoms with E-state index >= 15 is 0 Å². The highest BCUT2D eigenvalue weighted by Crippen LogP contribution is 2.25. The van der Waals surface area contributed by atoms with Crippen molar-refractivity contribution in [3.63, 3.8) is 0 Å². The van der Waals surface area contributed by atoms with Crippen molar-refractivity contribution in [1.82, 2.24) is 14.8 Å². The lowest BCUT2D eigenvalue weighted by Crippen LogP contribution is -2.02. The van der Waals surface area contributed by atoms with Gasteiger partial charge in [0.1, 0.15) is 6.33 Å². The highest BCUT2D eigenvalue weighted by molar-refractivity contribution is 5.60. The van der Waals surface area contributed by atoms with Crippen LogP contribution in [0.2, 0.25) is 0 Å².